The minimum atomic E-state index is -0.147. The molecule has 0 radical (unpaired) electrons. The molecule has 2 fully saturated rings. The number of hydrogen-bond acceptors (Lipinski definition) is 1. The fraction of sp³-hybridized carbons (Fsp3) is 0.867. The van der Waals surface area contributed by atoms with Gasteiger partial charge in [-0.3, -0.25) is 0 Å². The molecule has 4 atom stereocenters. The van der Waals surface area contributed by atoms with Crippen LogP contribution >= 0.6 is 0 Å². The van der Waals surface area contributed by atoms with Crippen LogP contribution in [-0.2, 0) is 0 Å². The Hall–Kier alpha value is -0.300. The van der Waals surface area contributed by atoms with E-state index in [2.05, 4.69) is 27.4 Å². The summed E-state index contributed by atoms with van der Waals surface area (Å²) in [4.78, 5) is 0. The molecule has 0 amide bonds. The van der Waals surface area contributed by atoms with E-state index in [0.29, 0.717) is 23.2 Å². The Morgan fingerprint density at radius 2 is 2.06 bits per heavy atom. The quantitative estimate of drug-likeness (QED) is 0.669. The molecular weight excluding hydrogens is 196 g/mol. The van der Waals surface area contributed by atoms with E-state index in [4.69, 9.17) is 0 Å². The summed E-state index contributed by atoms with van der Waals surface area (Å²) >= 11 is 0. The predicted octanol–water partition coefficient (Wildman–Crippen LogP) is 3.78. The van der Waals surface area contributed by atoms with Crippen molar-refractivity contribution in [2.24, 2.45) is 23.2 Å². The highest BCUT2D eigenvalue weighted by molar-refractivity contribution is 5.15. The van der Waals surface area contributed by atoms with Gasteiger partial charge in [0.2, 0.25) is 0 Å². The van der Waals surface area contributed by atoms with E-state index < -0.39 is 0 Å². The van der Waals surface area contributed by atoms with Gasteiger partial charge in [0.05, 0.1) is 6.10 Å². The molecule has 0 bridgehead atoms. The van der Waals surface area contributed by atoms with Crippen molar-refractivity contribution in [2.75, 3.05) is 0 Å². The number of aliphatic hydroxyl groups is 1. The van der Waals surface area contributed by atoms with E-state index in [0.717, 1.165) is 6.42 Å². The molecule has 2 aliphatic carbocycles. The van der Waals surface area contributed by atoms with Gasteiger partial charge in [0.15, 0.2) is 0 Å². The monoisotopic (exact) mass is 222 g/mol. The van der Waals surface area contributed by atoms with Crippen LogP contribution in [0, 0.1) is 23.2 Å². The van der Waals surface area contributed by atoms with Crippen LogP contribution in [0.1, 0.15) is 52.9 Å². The highest BCUT2D eigenvalue weighted by atomic mass is 16.3. The summed E-state index contributed by atoms with van der Waals surface area (Å²) in [5, 5.41) is 10.6. The molecule has 1 heteroatoms. The number of hydrogen-bond donors (Lipinski definition) is 1. The summed E-state index contributed by atoms with van der Waals surface area (Å²) in [6, 6.07) is 0. The van der Waals surface area contributed by atoms with Crippen LogP contribution in [0.2, 0.25) is 0 Å². The molecule has 0 spiro atoms. The lowest BCUT2D eigenvalue weighted by Crippen LogP contribution is -2.48. The maximum atomic E-state index is 10.6. The second-order valence-electron chi connectivity index (χ2n) is 6.58. The SMILES string of the molecule is C=C1CCC[C@]2(C)CC[C@@H](C(C)C)[C@H](O)[C@H]12. The van der Waals surface area contributed by atoms with E-state index in [9.17, 15) is 5.11 Å². The van der Waals surface area contributed by atoms with Crippen molar-refractivity contribution >= 4 is 0 Å². The zero-order valence-electron chi connectivity index (χ0n) is 11.0. The molecule has 2 aliphatic rings. The average molecular weight is 222 g/mol. The maximum Gasteiger partial charge on any atom is 0.0641 e. The van der Waals surface area contributed by atoms with Gasteiger partial charge in [-0.05, 0) is 49.4 Å². The van der Waals surface area contributed by atoms with Crippen molar-refractivity contribution in [2.45, 2.75) is 59.0 Å². The Bertz CT molecular complexity index is 281. The van der Waals surface area contributed by atoms with Gasteiger partial charge in [-0.15, -0.1) is 0 Å². The normalized spacial score (nSPS) is 44.6. The van der Waals surface area contributed by atoms with Crippen molar-refractivity contribution in [3.8, 4) is 0 Å². The van der Waals surface area contributed by atoms with Gasteiger partial charge in [-0.25, -0.2) is 0 Å². The molecule has 16 heavy (non-hydrogen) atoms. The minimum Gasteiger partial charge on any atom is -0.392 e. The van der Waals surface area contributed by atoms with Crippen LogP contribution in [0.3, 0.4) is 0 Å². The van der Waals surface area contributed by atoms with E-state index >= 15 is 0 Å². The van der Waals surface area contributed by atoms with Gasteiger partial charge in [-0.1, -0.05) is 32.9 Å². The van der Waals surface area contributed by atoms with Crippen LogP contribution < -0.4 is 0 Å². The molecule has 0 aromatic heterocycles. The zero-order chi connectivity index (χ0) is 11.9. The number of fused-ring (bicyclic) bond motifs is 1. The smallest absolute Gasteiger partial charge is 0.0641 e. The van der Waals surface area contributed by atoms with Crippen LogP contribution in [0.5, 0.6) is 0 Å². The summed E-state index contributed by atoms with van der Waals surface area (Å²) in [6.07, 6.45) is 5.99. The average Bonchev–Trinajstić information content (AvgIpc) is 2.16. The standard InChI is InChI=1S/C15H26O/c1-10(2)12-7-9-15(4)8-5-6-11(3)13(15)14(12)16/h10,12-14,16H,3,5-9H2,1-2,4H3/t12-,13-,14-,15+/m0/s1. The van der Waals surface area contributed by atoms with Crippen LogP contribution in [-0.4, -0.2) is 11.2 Å². The largest absolute Gasteiger partial charge is 0.392 e. The first-order valence-electron chi connectivity index (χ1n) is 6.81. The first-order valence-corrected chi connectivity index (χ1v) is 6.81. The van der Waals surface area contributed by atoms with Gasteiger partial charge < -0.3 is 5.11 Å². The molecule has 0 heterocycles. The predicted molar refractivity (Wildman–Crippen MR) is 68.2 cm³/mol. The number of rotatable bonds is 1. The van der Waals surface area contributed by atoms with Crippen molar-refractivity contribution < 1.29 is 5.11 Å². The van der Waals surface area contributed by atoms with E-state index in [1.165, 1.54) is 31.3 Å². The molecule has 0 unspecified atom stereocenters. The molecule has 1 N–H and O–H groups in total. The molecule has 92 valence electrons. The van der Waals surface area contributed by atoms with Gasteiger partial charge >= 0.3 is 0 Å². The lowest BCUT2D eigenvalue weighted by atomic mass is 9.54. The Balaban J connectivity index is 2.24. The van der Waals surface area contributed by atoms with Gasteiger partial charge in [0.1, 0.15) is 0 Å². The molecule has 2 saturated carbocycles. The molecular formula is C15H26O. The van der Waals surface area contributed by atoms with E-state index in [1.807, 2.05) is 0 Å². The zero-order valence-corrected chi connectivity index (χ0v) is 11.0. The summed E-state index contributed by atoms with van der Waals surface area (Å²) in [5.74, 6) is 1.43. The van der Waals surface area contributed by atoms with E-state index in [-0.39, 0.29) is 6.10 Å². The van der Waals surface area contributed by atoms with Crippen molar-refractivity contribution in [1.82, 2.24) is 0 Å². The Kier molecular flexibility index (Phi) is 3.18. The topological polar surface area (TPSA) is 20.2 Å². The second kappa shape index (κ2) is 4.18. The third-order valence-corrected chi connectivity index (χ3v) is 5.12. The van der Waals surface area contributed by atoms with Crippen molar-refractivity contribution in [1.29, 1.82) is 0 Å². The molecule has 2 rings (SSSR count). The van der Waals surface area contributed by atoms with Gasteiger partial charge in [-0.2, -0.15) is 0 Å². The second-order valence-corrected chi connectivity index (χ2v) is 6.58. The molecule has 0 aliphatic heterocycles. The third-order valence-electron chi connectivity index (χ3n) is 5.12. The molecule has 0 aromatic carbocycles. The van der Waals surface area contributed by atoms with Crippen molar-refractivity contribution in [3.05, 3.63) is 12.2 Å². The fourth-order valence-corrected chi connectivity index (χ4v) is 4.10. The maximum absolute atomic E-state index is 10.6. The highest BCUT2D eigenvalue weighted by Crippen LogP contribution is 2.54. The summed E-state index contributed by atoms with van der Waals surface area (Å²) < 4.78 is 0. The summed E-state index contributed by atoms with van der Waals surface area (Å²) in [7, 11) is 0. The Morgan fingerprint density at radius 1 is 1.38 bits per heavy atom. The van der Waals surface area contributed by atoms with Crippen molar-refractivity contribution in [3.63, 3.8) is 0 Å². The lowest BCUT2D eigenvalue weighted by Gasteiger charge is -2.52. The minimum absolute atomic E-state index is 0.147. The van der Waals surface area contributed by atoms with Crippen LogP contribution in [0.25, 0.3) is 0 Å². The first kappa shape index (κ1) is 12.2. The molecule has 0 aromatic rings. The first-order chi connectivity index (χ1) is 7.46. The van der Waals surface area contributed by atoms with E-state index in [1.54, 1.807) is 0 Å². The Morgan fingerprint density at radius 3 is 2.69 bits per heavy atom. The summed E-state index contributed by atoms with van der Waals surface area (Å²) in [6.45, 7) is 11.1. The van der Waals surface area contributed by atoms with Gasteiger partial charge in [0, 0.05) is 5.92 Å². The fourth-order valence-electron chi connectivity index (χ4n) is 4.10. The Labute approximate surface area is 99.9 Å². The molecule has 1 nitrogen and oxygen atoms in total. The lowest BCUT2D eigenvalue weighted by molar-refractivity contribution is -0.0669. The van der Waals surface area contributed by atoms with Crippen LogP contribution in [0.4, 0.5) is 0 Å². The van der Waals surface area contributed by atoms with Gasteiger partial charge in [0.25, 0.3) is 0 Å². The summed E-state index contributed by atoms with van der Waals surface area (Å²) in [5.41, 5.74) is 1.65. The third kappa shape index (κ3) is 1.84. The number of aliphatic hydroxyl groups excluding tert-OH is 1. The molecule has 0 saturated heterocycles. The van der Waals surface area contributed by atoms with Crippen LogP contribution in [0.15, 0.2) is 12.2 Å². The highest BCUT2D eigenvalue weighted by Gasteiger charge is 2.48.